The number of carboxylic acids is 1. The van der Waals surface area contributed by atoms with Crippen LogP contribution in [0.1, 0.15) is 26.7 Å². The Morgan fingerprint density at radius 2 is 2.00 bits per heavy atom. The van der Waals surface area contributed by atoms with Crippen LogP contribution in [0.2, 0.25) is 0 Å². The van der Waals surface area contributed by atoms with Gasteiger partial charge in [0, 0.05) is 5.92 Å². The van der Waals surface area contributed by atoms with Crippen molar-refractivity contribution in [2.45, 2.75) is 32.3 Å². The van der Waals surface area contributed by atoms with Crippen molar-refractivity contribution >= 4 is 11.9 Å². The highest BCUT2D eigenvalue weighted by atomic mass is 16.6. The quantitative estimate of drug-likeness (QED) is 0.682. The van der Waals surface area contributed by atoms with Gasteiger partial charge >= 0.3 is 11.9 Å². The molecule has 3 rings (SSSR count). The van der Waals surface area contributed by atoms with Gasteiger partial charge in [-0.1, -0.05) is 0 Å². The maximum absolute atomic E-state index is 11.9. The summed E-state index contributed by atoms with van der Waals surface area (Å²) in [6.45, 7) is 3.84. The normalized spacial score (nSPS) is 47.9. The second-order valence-corrected chi connectivity index (χ2v) is 5.85. The summed E-state index contributed by atoms with van der Waals surface area (Å²) in [5.41, 5.74) is -0.483. The van der Waals surface area contributed by atoms with Gasteiger partial charge in [0.05, 0.1) is 11.8 Å². The van der Waals surface area contributed by atoms with Crippen LogP contribution in [0.3, 0.4) is 0 Å². The van der Waals surface area contributed by atoms with E-state index < -0.39 is 17.5 Å². The number of hydrogen-bond donors (Lipinski definition) is 1. The summed E-state index contributed by atoms with van der Waals surface area (Å²) >= 11 is 0. The van der Waals surface area contributed by atoms with E-state index in [4.69, 9.17) is 4.74 Å². The summed E-state index contributed by atoms with van der Waals surface area (Å²) in [5.74, 6) is -1.38. The lowest BCUT2D eigenvalue weighted by Crippen LogP contribution is -2.46. The predicted octanol–water partition coefficient (Wildman–Crippen LogP) is 1.29. The molecule has 0 radical (unpaired) electrons. The zero-order valence-corrected chi connectivity index (χ0v) is 9.47. The van der Waals surface area contributed by atoms with E-state index in [0.29, 0.717) is 0 Å². The first kappa shape index (κ1) is 10.1. The summed E-state index contributed by atoms with van der Waals surface area (Å²) < 4.78 is 5.42. The first-order valence-corrected chi connectivity index (χ1v) is 5.89. The average Bonchev–Trinajstić information content (AvgIpc) is 2.67. The maximum atomic E-state index is 11.9. The molecule has 16 heavy (non-hydrogen) atoms. The molecule has 1 heterocycles. The van der Waals surface area contributed by atoms with Crippen molar-refractivity contribution in [2.75, 3.05) is 0 Å². The monoisotopic (exact) mass is 224 g/mol. The minimum absolute atomic E-state index is 0.133. The zero-order valence-electron chi connectivity index (χ0n) is 9.47. The van der Waals surface area contributed by atoms with Crippen LogP contribution in [0.4, 0.5) is 0 Å². The Morgan fingerprint density at radius 1 is 1.38 bits per heavy atom. The standard InChI is InChI=1S/C12H16O4/c1-12(2)9-5-3-4-6(9)8(11(15)16-12)7(5)10(13)14/h5-9H,3-4H2,1-2H3,(H,13,14). The molecule has 1 saturated heterocycles. The van der Waals surface area contributed by atoms with E-state index >= 15 is 0 Å². The number of rotatable bonds is 1. The number of carbonyl (C=O) groups is 2. The molecule has 4 nitrogen and oxygen atoms in total. The maximum Gasteiger partial charge on any atom is 0.310 e. The molecule has 0 amide bonds. The Bertz CT molecular complexity index is 373. The third-order valence-electron chi connectivity index (χ3n) is 4.79. The van der Waals surface area contributed by atoms with Gasteiger partial charge < -0.3 is 9.84 Å². The van der Waals surface area contributed by atoms with Crippen LogP contribution in [0.25, 0.3) is 0 Å². The van der Waals surface area contributed by atoms with E-state index in [-0.39, 0.29) is 29.6 Å². The summed E-state index contributed by atoms with van der Waals surface area (Å²) in [4.78, 5) is 23.2. The van der Waals surface area contributed by atoms with Crippen molar-refractivity contribution in [3.63, 3.8) is 0 Å². The fourth-order valence-corrected chi connectivity index (χ4v) is 4.48. The summed E-state index contributed by atoms with van der Waals surface area (Å²) in [6.07, 6.45) is 1.92. The topological polar surface area (TPSA) is 63.6 Å². The number of carbonyl (C=O) groups excluding carboxylic acids is 1. The Kier molecular flexibility index (Phi) is 1.76. The zero-order chi connectivity index (χ0) is 11.7. The van der Waals surface area contributed by atoms with Crippen LogP contribution in [-0.2, 0) is 14.3 Å². The van der Waals surface area contributed by atoms with Crippen molar-refractivity contribution < 1.29 is 19.4 Å². The van der Waals surface area contributed by atoms with Crippen molar-refractivity contribution in [1.82, 2.24) is 0 Å². The average molecular weight is 224 g/mol. The first-order chi connectivity index (χ1) is 7.43. The smallest absolute Gasteiger partial charge is 0.310 e. The molecule has 0 aromatic rings. The largest absolute Gasteiger partial charge is 0.481 e. The highest BCUT2D eigenvalue weighted by Crippen LogP contribution is 2.63. The Morgan fingerprint density at radius 3 is 2.62 bits per heavy atom. The van der Waals surface area contributed by atoms with Crippen LogP contribution in [0.15, 0.2) is 0 Å². The summed E-state index contributed by atoms with van der Waals surface area (Å²) in [6, 6.07) is 0. The minimum atomic E-state index is -0.822. The van der Waals surface area contributed by atoms with E-state index in [2.05, 4.69) is 0 Å². The van der Waals surface area contributed by atoms with Gasteiger partial charge in [-0.3, -0.25) is 9.59 Å². The van der Waals surface area contributed by atoms with Crippen molar-refractivity contribution in [2.24, 2.45) is 29.6 Å². The van der Waals surface area contributed by atoms with Gasteiger partial charge in [0.2, 0.25) is 0 Å². The van der Waals surface area contributed by atoms with Gasteiger partial charge in [-0.05, 0) is 38.5 Å². The summed E-state index contributed by atoms with van der Waals surface area (Å²) in [7, 11) is 0. The molecule has 1 N–H and O–H groups in total. The molecular formula is C12H16O4. The lowest BCUT2D eigenvalue weighted by Gasteiger charge is -2.39. The Hall–Kier alpha value is -1.06. The van der Waals surface area contributed by atoms with E-state index in [1.807, 2.05) is 13.8 Å². The van der Waals surface area contributed by atoms with E-state index in [1.54, 1.807) is 0 Å². The third kappa shape index (κ3) is 1.00. The van der Waals surface area contributed by atoms with Gasteiger partial charge in [-0.15, -0.1) is 0 Å². The highest BCUT2D eigenvalue weighted by Gasteiger charge is 2.67. The molecule has 2 saturated carbocycles. The SMILES string of the molecule is CC1(C)OC(=O)C2C3CCC(C2C(=O)O)C31. The number of ether oxygens (including phenoxy) is 1. The molecule has 4 heteroatoms. The van der Waals surface area contributed by atoms with Gasteiger partial charge in [0.25, 0.3) is 0 Å². The molecule has 1 aliphatic heterocycles. The number of carboxylic acid groups (broad SMARTS) is 1. The Balaban J connectivity index is 2.07. The predicted molar refractivity (Wildman–Crippen MR) is 54.5 cm³/mol. The van der Waals surface area contributed by atoms with E-state index in [9.17, 15) is 14.7 Å². The van der Waals surface area contributed by atoms with Gasteiger partial charge in [-0.25, -0.2) is 0 Å². The van der Waals surface area contributed by atoms with E-state index in [0.717, 1.165) is 12.8 Å². The fraction of sp³-hybridized carbons (Fsp3) is 0.833. The van der Waals surface area contributed by atoms with Crippen molar-refractivity contribution in [1.29, 1.82) is 0 Å². The molecule has 0 spiro atoms. The lowest BCUT2D eigenvalue weighted by molar-refractivity contribution is -0.181. The van der Waals surface area contributed by atoms with Crippen LogP contribution in [0.5, 0.6) is 0 Å². The van der Waals surface area contributed by atoms with Crippen molar-refractivity contribution in [3.05, 3.63) is 0 Å². The molecule has 3 fully saturated rings. The molecule has 3 aliphatic rings. The molecule has 5 atom stereocenters. The van der Waals surface area contributed by atoms with Crippen LogP contribution < -0.4 is 0 Å². The molecule has 2 aliphatic carbocycles. The minimum Gasteiger partial charge on any atom is -0.481 e. The number of esters is 1. The van der Waals surface area contributed by atoms with Gasteiger partial charge in [0.1, 0.15) is 5.60 Å². The fourth-order valence-electron chi connectivity index (χ4n) is 4.48. The molecule has 88 valence electrons. The number of hydrogen-bond acceptors (Lipinski definition) is 3. The highest BCUT2D eigenvalue weighted by molar-refractivity contribution is 5.84. The third-order valence-corrected chi connectivity index (χ3v) is 4.79. The summed E-state index contributed by atoms with van der Waals surface area (Å²) in [5, 5.41) is 9.26. The lowest BCUT2D eigenvalue weighted by atomic mass is 9.77. The van der Waals surface area contributed by atoms with E-state index in [1.165, 1.54) is 0 Å². The number of cyclic esters (lactones) is 1. The number of aliphatic carboxylic acids is 1. The van der Waals surface area contributed by atoms with Crippen molar-refractivity contribution in [3.8, 4) is 0 Å². The first-order valence-electron chi connectivity index (χ1n) is 5.89. The van der Waals surface area contributed by atoms with Crippen LogP contribution in [0, 0.1) is 29.6 Å². The molecule has 5 unspecified atom stereocenters. The second kappa shape index (κ2) is 2.79. The second-order valence-electron chi connectivity index (χ2n) is 5.85. The van der Waals surface area contributed by atoms with Crippen LogP contribution >= 0.6 is 0 Å². The molecule has 0 aromatic carbocycles. The van der Waals surface area contributed by atoms with Gasteiger partial charge in [-0.2, -0.15) is 0 Å². The molecule has 0 aromatic heterocycles. The Labute approximate surface area is 94.0 Å². The van der Waals surface area contributed by atoms with Gasteiger partial charge in [0.15, 0.2) is 0 Å². The molecule has 4 bridgehead atoms. The molecular weight excluding hydrogens is 208 g/mol. The van der Waals surface area contributed by atoms with Crippen LogP contribution in [-0.4, -0.2) is 22.6 Å².